The SMILES string of the molecule is CCN(CC)c1ccccc1.Cc1cccc(N(C)C)c1. The fourth-order valence-electron chi connectivity index (χ4n) is 2.13. The first-order valence-electron chi connectivity index (χ1n) is 7.62. The van der Waals surface area contributed by atoms with E-state index in [-0.39, 0.29) is 0 Å². The molecule has 0 saturated carbocycles. The molecule has 2 rings (SSSR count). The van der Waals surface area contributed by atoms with Gasteiger partial charge >= 0.3 is 0 Å². The van der Waals surface area contributed by atoms with Crippen LogP contribution in [0.5, 0.6) is 0 Å². The van der Waals surface area contributed by atoms with Crippen LogP contribution < -0.4 is 9.80 Å². The summed E-state index contributed by atoms with van der Waals surface area (Å²) in [6, 6.07) is 18.9. The third-order valence-corrected chi connectivity index (χ3v) is 3.40. The zero-order chi connectivity index (χ0) is 15.7. The Morgan fingerprint density at radius 1 is 0.762 bits per heavy atom. The van der Waals surface area contributed by atoms with Crippen LogP contribution in [0.4, 0.5) is 11.4 Å². The molecule has 0 aliphatic carbocycles. The zero-order valence-corrected chi connectivity index (χ0v) is 14.0. The lowest BCUT2D eigenvalue weighted by atomic mass is 10.2. The number of hydrogen-bond acceptors (Lipinski definition) is 2. The average Bonchev–Trinajstić information content (AvgIpc) is 2.50. The van der Waals surface area contributed by atoms with Gasteiger partial charge in [-0.05, 0) is 50.6 Å². The monoisotopic (exact) mass is 284 g/mol. The first-order chi connectivity index (χ1) is 10.1. The number of nitrogens with zero attached hydrogens (tertiary/aromatic N) is 2. The summed E-state index contributed by atoms with van der Waals surface area (Å²) < 4.78 is 0. The van der Waals surface area contributed by atoms with Gasteiger partial charge in [0, 0.05) is 38.6 Å². The van der Waals surface area contributed by atoms with Crippen molar-refractivity contribution in [1.82, 2.24) is 0 Å². The Bertz CT molecular complexity index is 502. The van der Waals surface area contributed by atoms with E-state index in [4.69, 9.17) is 0 Å². The molecule has 0 amide bonds. The van der Waals surface area contributed by atoms with E-state index in [1.165, 1.54) is 16.9 Å². The van der Waals surface area contributed by atoms with Gasteiger partial charge in [0.25, 0.3) is 0 Å². The smallest absolute Gasteiger partial charge is 0.0365 e. The van der Waals surface area contributed by atoms with Crippen LogP contribution in [-0.2, 0) is 0 Å². The van der Waals surface area contributed by atoms with Crippen LogP contribution >= 0.6 is 0 Å². The molecule has 2 aromatic carbocycles. The molecule has 21 heavy (non-hydrogen) atoms. The summed E-state index contributed by atoms with van der Waals surface area (Å²) in [5.41, 5.74) is 3.89. The largest absolute Gasteiger partial charge is 0.378 e. The van der Waals surface area contributed by atoms with Crippen LogP contribution in [-0.4, -0.2) is 27.2 Å². The van der Waals surface area contributed by atoms with Crippen molar-refractivity contribution in [2.75, 3.05) is 37.0 Å². The predicted molar refractivity (Wildman–Crippen MR) is 95.5 cm³/mol. The third kappa shape index (κ3) is 5.90. The zero-order valence-electron chi connectivity index (χ0n) is 14.0. The van der Waals surface area contributed by atoms with Crippen molar-refractivity contribution in [3.63, 3.8) is 0 Å². The van der Waals surface area contributed by atoms with Crippen molar-refractivity contribution in [3.8, 4) is 0 Å². The quantitative estimate of drug-likeness (QED) is 0.810. The van der Waals surface area contributed by atoms with Crippen LogP contribution in [0.3, 0.4) is 0 Å². The highest BCUT2D eigenvalue weighted by Gasteiger charge is 1.97. The summed E-state index contributed by atoms with van der Waals surface area (Å²) >= 11 is 0. The van der Waals surface area contributed by atoms with E-state index < -0.39 is 0 Å². The molecule has 2 heteroatoms. The molecule has 0 bridgehead atoms. The van der Waals surface area contributed by atoms with Gasteiger partial charge in [0.05, 0.1) is 0 Å². The van der Waals surface area contributed by atoms with Crippen molar-refractivity contribution >= 4 is 11.4 Å². The summed E-state index contributed by atoms with van der Waals surface area (Å²) in [5, 5.41) is 0. The van der Waals surface area contributed by atoms with Gasteiger partial charge in [-0.3, -0.25) is 0 Å². The van der Waals surface area contributed by atoms with Gasteiger partial charge in [-0.15, -0.1) is 0 Å². The molecule has 2 nitrogen and oxygen atoms in total. The van der Waals surface area contributed by atoms with E-state index in [0.29, 0.717) is 0 Å². The lowest BCUT2D eigenvalue weighted by Gasteiger charge is -2.20. The molecule has 0 aliphatic rings. The number of aryl methyl sites for hydroxylation is 1. The van der Waals surface area contributed by atoms with Gasteiger partial charge in [-0.1, -0.05) is 30.3 Å². The summed E-state index contributed by atoms with van der Waals surface area (Å²) in [5.74, 6) is 0. The predicted octanol–water partition coefficient (Wildman–Crippen LogP) is 4.59. The fourth-order valence-corrected chi connectivity index (χ4v) is 2.13. The van der Waals surface area contributed by atoms with Gasteiger partial charge in [0.15, 0.2) is 0 Å². The molecule has 0 radical (unpaired) electrons. The first kappa shape index (κ1) is 17.1. The topological polar surface area (TPSA) is 6.48 Å². The standard InChI is InChI=1S/C10H15N.C9H13N/c1-3-11(4-2)10-8-6-5-7-9-10;1-8-5-4-6-9(7-8)10(2)3/h5-9H,3-4H2,1-2H3;4-7H,1-3H3. The van der Waals surface area contributed by atoms with E-state index >= 15 is 0 Å². The van der Waals surface area contributed by atoms with Crippen molar-refractivity contribution < 1.29 is 0 Å². The molecule has 0 fully saturated rings. The Hall–Kier alpha value is -1.96. The minimum atomic E-state index is 1.08. The maximum atomic E-state index is 2.33. The summed E-state index contributed by atoms with van der Waals surface area (Å²) in [6.07, 6.45) is 0. The molecule has 0 aromatic heterocycles. The van der Waals surface area contributed by atoms with E-state index in [9.17, 15) is 0 Å². The number of anilines is 2. The molecule has 114 valence electrons. The molecular formula is C19H28N2. The molecule has 0 unspecified atom stereocenters. The van der Waals surface area contributed by atoms with Gasteiger partial charge in [0.2, 0.25) is 0 Å². The van der Waals surface area contributed by atoms with Crippen LogP contribution in [0.25, 0.3) is 0 Å². The van der Waals surface area contributed by atoms with Crippen molar-refractivity contribution in [2.24, 2.45) is 0 Å². The van der Waals surface area contributed by atoms with E-state index in [0.717, 1.165) is 13.1 Å². The third-order valence-electron chi connectivity index (χ3n) is 3.40. The van der Waals surface area contributed by atoms with Gasteiger partial charge in [-0.25, -0.2) is 0 Å². The Balaban J connectivity index is 0.000000211. The van der Waals surface area contributed by atoms with Crippen LogP contribution in [0.1, 0.15) is 19.4 Å². The lowest BCUT2D eigenvalue weighted by molar-refractivity contribution is 0.866. The number of rotatable bonds is 4. The molecule has 0 saturated heterocycles. The average molecular weight is 284 g/mol. The Kier molecular flexibility index (Phi) is 7.38. The normalized spacial score (nSPS) is 9.57. The highest BCUT2D eigenvalue weighted by molar-refractivity contribution is 5.46. The maximum Gasteiger partial charge on any atom is 0.0365 e. The highest BCUT2D eigenvalue weighted by Crippen LogP contribution is 2.12. The van der Waals surface area contributed by atoms with E-state index in [1.54, 1.807) is 0 Å². The Labute approximate surface area is 130 Å². The molecule has 0 N–H and O–H groups in total. The molecule has 0 atom stereocenters. The lowest BCUT2D eigenvalue weighted by Crippen LogP contribution is -2.21. The van der Waals surface area contributed by atoms with Crippen LogP contribution in [0, 0.1) is 6.92 Å². The van der Waals surface area contributed by atoms with Crippen LogP contribution in [0.15, 0.2) is 54.6 Å². The maximum absolute atomic E-state index is 2.33. The summed E-state index contributed by atoms with van der Waals surface area (Å²) in [4.78, 5) is 4.44. The molecule has 0 heterocycles. The molecule has 2 aromatic rings. The number of benzene rings is 2. The Morgan fingerprint density at radius 2 is 1.33 bits per heavy atom. The minimum absolute atomic E-state index is 1.08. The number of para-hydroxylation sites is 1. The second-order valence-corrected chi connectivity index (χ2v) is 5.24. The second kappa shape index (κ2) is 9.06. The van der Waals surface area contributed by atoms with Crippen molar-refractivity contribution in [2.45, 2.75) is 20.8 Å². The van der Waals surface area contributed by atoms with E-state index in [2.05, 4.69) is 93.2 Å². The second-order valence-electron chi connectivity index (χ2n) is 5.24. The van der Waals surface area contributed by atoms with Crippen molar-refractivity contribution in [1.29, 1.82) is 0 Å². The highest BCUT2D eigenvalue weighted by atomic mass is 15.1. The fraction of sp³-hybridized carbons (Fsp3) is 0.368. The van der Waals surface area contributed by atoms with E-state index in [1.807, 2.05) is 6.07 Å². The van der Waals surface area contributed by atoms with Gasteiger partial charge in [-0.2, -0.15) is 0 Å². The summed E-state index contributed by atoms with van der Waals surface area (Å²) in [6.45, 7) is 8.63. The molecule has 0 aliphatic heterocycles. The minimum Gasteiger partial charge on any atom is -0.378 e. The molecule has 0 spiro atoms. The molecular weight excluding hydrogens is 256 g/mol. The van der Waals surface area contributed by atoms with Gasteiger partial charge in [0.1, 0.15) is 0 Å². The first-order valence-corrected chi connectivity index (χ1v) is 7.62. The number of hydrogen-bond donors (Lipinski definition) is 0. The van der Waals surface area contributed by atoms with Crippen LogP contribution in [0.2, 0.25) is 0 Å². The summed E-state index contributed by atoms with van der Waals surface area (Å²) in [7, 11) is 4.10. The van der Waals surface area contributed by atoms with Crippen molar-refractivity contribution in [3.05, 3.63) is 60.2 Å². The Morgan fingerprint density at radius 3 is 1.76 bits per heavy atom. The van der Waals surface area contributed by atoms with Gasteiger partial charge < -0.3 is 9.80 Å².